The maximum Gasteiger partial charge on any atom is 0.339 e. The lowest BCUT2D eigenvalue weighted by atomic mass is 10.2. The van der Waals surface area contributed by atoms with Crippen LogP contribution in [0.5, 0.6) is 5.75 Å². The third kappa shape index (κ3) is 6.00. The number of hydrogen-bond donors (Lipinski definition) is 2. The standard InChI is InChI=1S/C16H13N3O9S/c17-16(22)18-14(20)9-27-15(21)10-4-6-12(7-5-10)28-29(25,26)13-3-1-2-11(8-13)19(23)24/h1-8H,9H2,(H3,17,18,20,22). The predicted octanol–water partition coefficient (Wildman–Crippen LogP) is 0.714. The number of nitrogens with two attached hydrogens (primary N) is 1. The molecule has 3 amide bonds. The lowest BCUT2D eigenvalue weighted by Crippen LogP contribution is -2.37. The van der Waals surface area contributed by atoms with Crippen LogP contribution in [0.25, 0.3) is 0 Å². The molecule has 2 aromatic carbocycles. The molecule has 152 valence electrons. The molecular formula is C16H13N3O9S. The van der Waals surface area contributed by atoms with Gasteiger partial charge in [-0.05, 0) is 30.3 Å². The predicted molar refractivity (Wildman–Crippen MR) is 95.4 cm³/mol. The van der Waals surface area contributed by atoms with Gasteiger partial charge in [-0.2, -0.15) is 8.42 Å². The van der Waals surface area contributed by atoms with E-state index in [1.807, 2.05) is 0 Å². The molecule has 2 rings (SSSR count). The van der Waals surface area contributed by atoms with E-state index in [0.29, 0.717) is 0 Å². The average Bonchev–Trinajstić information content (AvgIpc) is 2.66. The molecule has 2 aromatic rings. The highest BCUT2D eigenvalue weighted by Crippen LogP contribution is 2.22. The molecule has 0 aliphatic heterocycles. The Morgan fingerprint density at radius 3 is 2.34 bits per heavy atom. The second kappa shape index (κ2) is 8.79. The second-order valence-electron chi connectivity index (χ2n) is 5.30. The molecule has 0 unspecified atom stereocenters. The zero-order chi connectivity index (χ0) is 21.6. The molecule has 0 spiro atoms. The molecule has 0 bridgehead atoms. The van der Waals surface area contributed by atoms with Crippen molar-refractivity contribution >= 4 is 33.7 Å². The van der Waals surface area contributed by atoms with Gasteiger partial charge in [-0.1, -0.05) is 6.07 Å². The van der Waals surface area contributed by atoms with E-state index in [4.69, 9.17) is 9.92 Å². The summed E-state index contributed by atoms with van der Waals surface area (Å²) in [4.78, 5) is 43.1. The van der Waals surface area contributed by atoms with Gasteiger partial charge >= 0.3 is 22.1 Å². The van der Waals surface area contributed by atoms with E-state index >= 15 is 0 Å². The van der Waals surface area contributed by atoms with E-state index in [0.717, 1.165) is 30.3 Å². The lowest BCUT2D eigenvalue weighted by molar-refractivity contribution is -0.385. The van der Waals surface area contributed by atoms with Crippen LogP contribution >= 0.6 is 0 Å². The van der Waals surface area contributed by atoms with Crippen molar-refractivity contribution in [1.29, 1.82) is 0 Å². The first-order chi connectivity index (χ1) is 13.6. The van der Waals surface area contributed by atoms with Crippen molar-refractivity contribution in [1.82, 2.24) is 5.32 Å². The third-order valence-corrected chi connectivity index (χ3v) is 4.45. The number of rotatable bonds is 7. The van der Waals surface area contributed by atoms with Gasteiger partial charge in [-0.25, -0.2) is 9.59 Å². The first kappa shape index (κ1) is 21.3. The Labute approximate surface area is 163 Å². The number of primary amides is 1. The van der Waals surface area contributed by atoms with Crippen LogP contribution in [0.4, 0.5) is 10.5 Å². The third-order valence-electron chi connectivity index (χ3n) is 3.21. The second-order valence-corrected chi connectivity index (χ2v) is 6.85. The van der Waals surface area contributed by atoms with Crippen molar-refractivity contribution in [3.05, 3.63) is 64.2 Å². The van der Waals surface area contributed by atoms with Crippen molar-refractivity contribution in [2.45, 2.75) is 4.90 Å². The molecule has 12 nitrogen and oxygen atoms in total. The van der Waals surface area contributed by atoms with Crippen LogP contribution in [-0.4, -0.2) is 37.9 Å². The van der Waals surface area contributed by atoms with Crippen LogP contribution in [0, 0.1) is 10.1 Å². The number of urea groups is 1. The number of nitrogens with zero attached hydrogens (tertiary/aromatic N) is 1. The minimum atomic E-state index is -4.35. The number of amides is 3. The Balaban J connectivity index is 2.05. The number of benzene rings is 2. The van der Waals surface area contributed by atoms with Gasteiger partial charge in [0.2, 0.25) is 0 Å². The minimum absolute atomic E-state index is 0.0306. The van der Waals surface area contributed by atoms with Gasteiger partial charge in [0, 0.05) is 12.1 Å². The molecule has 13 heteroatoms. The fourth-order valence-electron chi connectivity index (χ4n) is 1.96. The normalized spacial score (nSPS) is 10.6. The van der Waals surface area contributed by atoms with Crippen LogP contribution < -0.4 is 15.2 Å². The highest BCUT2D eigenvalue weighted by Gasteiger charge is 2.20. The van der Waals surface area contributed by atoms with Gasteiger partial charge in [0.05, 0.1) is 10.5 Å². The van der Waals surface area contributed by atoms with E-state index in [-0.39, 0.29) is 11.3 Å². The molecule has 0 saturated heterocycles. The Morgan fingerprint density at radius 1 is 1.10 bits per heavy atom. The number of nitro benzene ring substituents is 1. The Kier molecular flexibility index (Phi) is 6.46. The SMILES string of the molecule is NC(=O)NC(=O)COC(=O)c1ccc(OS(=O)(=O)c2cccc([N+](=O)[O-])c2)cc1. The lowest BCUT2D eigenvalue weighted by Gasteiger charge is -2.08. The molecule has 29 heavy (non-hydrogen) atoms. The summed E-state index contributed by atoms with van der Waals surface area (Å²) in [6, 6.07) is 7.84. The van der Waals surface area contributed by atoms with Crippen LogP contribution in [0.3, 0.4) is 0 Å². The van der Waals surface area contributed by atoms with Gasteiger partial charge in [0.15, 0.2) is 6.61 Å². The number of carbonyl (C=O) groups is 3. The van der Waals surface area contributed by atoms with E-state index < -0.39 is 50.1 Å². The van der Waals surface area contributed by atoms with Gasteiger partial charge in [0.25, 0.3) is 11.6 Å². The molecule has 0 radical (unpaired) electrons. The summed E-state index contributed by atoms with van der Waals surface area (Å²) >= 11 is 0. The van der Waals surface area contributed by atoms with Gasteiger partial charge in [-0.15, -0.1) is 0 Å². The monoisotopic (exact) mass is 423 g/mol. The van der Waals surface area contributed by atoms with Crippen molar-refractivity contribution in [2.75, 3.05) is 6.61 Å². The van der Waals surface area contributed by atoms with Gasteiger partial charge in [0.1, 0.15) is 10.6 Å². The fraction of sp³-hybridized carbons (Fsp3) is 0.0625. The average molecular weight is 423 g/mol. The van der Waals surface area contributed by atoms with Gasteiger partial charge in [-0.3, -0.25) is 20.2 Å². The summed E-state index contributed by atoms with van der Waals surface area (Å²) in [7, 11) is -4.35. The number of nitrogens with one attached hydrogen (secondary N) is 1. The Bertz CT molecular complexity index is 1070. The minimum Gasteiger partial charge on any atom is -0.452 e. The molecular weight excluding hydrogens is 410 g/mol. The summed E-state index contributed by atoms with van der Waals surface area (Å²) in [5.74, 6) is -2.01. The Morgan fingerprint density at radius 2 is 1.76 bits per heavy atom. The number of ether oxygens (including phenoxy) is 1. The molecule has 0 fully saturated rings. The maximum absolute atomic E-state index is 12.2. The molecule has 0 heterocycles. The van der Waals surface area contributed by atoms with E-state index in [2.05, 4.69) is 4.74 Å². The van der Waals surface area contributed by atoms with Crippen LogP contribution in [-0.2, 0) is 19.6 Å². The summed E-state index contributed by atoms with van der Waals surface area (Å²) in [6.45, 7) is -0.749. The van der Waals surface area contributed by atoms with E-state index in [1.54, 1.807) is 5.32 Å². The summed E-state index contributed by atoms with van der Waals surface area (Å²) in [6.07, 6.45) is 0. The van der Waals surface area contributed by atoms with Crippen LogP contribution in [0.15, 0.2) is 53.4 Å². The summed E-state index contributed by atoms with van der Waals surface area (Å²) < 4.78 is 34.0. The summed E-state index contributed by atoms with van der Waals surface area (Å²) in [5.41, 5.74) is 4.28. The topological polar surface area (TPSA) is 185 Å². The molecule has 0 saturated carbocycles. The van der Waals surface area contributed by atoms with Crippen LogP contribution in [0.2, 0.25) is 0 Å². The molecule has 3 N–H and O–H groups in total. The number of esters is 1. The maximum atomic E-state index is 12.2. The molecule has 0 aliphatic rings. The first-order valence-electron chi connectivity index (χ1n) is 7.64. The van der Waals surface area contributed by atoms with Crippen molar-refractivity contribution in [2.24, 2.45) is 5.73 Å². The van der Waals surface area contributed by atoms with E-state index in [9.17, 15) is 32.9 Å². The Hall–Kier alpha value is -4.00. The zero-order valence-electron chi connectivity index (χ0n) is 14.4. The highest BCUT2D eigenvalue weighted by atomic mass is 32.2. The number of nitro groups is 1. The quantitative estimate of drug-likeness (QED) is 0.280. The van der Waals surface area contributed by atoms with Crippen molar-refractivity contribution in [3.63, 3.8) is 0 Å². The van der Waals surface area contributed by atoms with Gasteiger partial charge < -0.3 is 14.7 Å². The van der Waals surface area contributed by atoms with Crippen molar-refractivity contribution in [3.8, 4) is 5.75 Å². The number of carbonyl (C=O) groups excluding carboxylic acids is 3. The zero-order valence-corrected chi connectivity index (χ0v) is 15.2. The molecule has 0 aromatic heterocycles. The largest absolute Gasteiger partial charge is 0.452 e. The fourth-order valence-corrected chi connectivity index (χ4v) is 2.93. The smallest absolute Gasteiger partial charge is 0.339 e. The summed E-state index contributed by atoms with van der Waals surface area (Å²) in [5, 5.41) is 12.5. The number of hydrogen-bond acceptors (Lipinski definition) is 9. The highest BCUT2D eigenvalue weighted by molar-refractivity contribution is 7.87. The van der Waals surface area contributed by atoms with Crippen molar-refractivity contribution < 1.29 is 36.6 Å². The number of non-ortho nitro benzene ring substituents is 1. The number of imide groups is 1. The van der Waals surface area contributed by atoms with E-state index in [1.165, 1.54) is 18.2 Å². The molecule has 0 aliphatic carbocycles. The van der Waals surface area contributed by atoms with Crippen LogP contribution in [0.1, 0.15) is 10.4 Å². The first-order valence-corrected chi connectivity index (χ1v) is 9.05. The molecule has 0 atom stereocenters.